The molecular weight excluding hydrogens is 682 g/mol. The maximum Gasteiger partial charge on any atom is 0.407 e. The van der Waals surface area contributed by atoms with Crippen molar-refractivity contribution in [1.29, 1.82) is 0 Å². The number of aromatic nitrogens is 1. The number of aliphatic carboxylic acids is 1. The van der Waals surface area contributed by atoms with Crippen LogP contribution in [0.25, 0.3) is 10.9 Å². The highest BCUT2D eigenvalue weighted by Gasteiger charge is 2.39. The van der Waals surface area contributed by atoms with Crippen molar-refractivity contribution in [3.8, 4) is 5.75 Å². The van der Waals surface area contributed by atoms with E-state index in [2.05, 4.69) is 20.9 Å². The maximum absolute atomic E-state index is 13.4. The van der Waals surface area contributed by atoms with Gasteiger partial charge in [-0.1, -0.05) is 12.1 Å². The van der Waals surface area contributed by atoms with Crippen molar-refractivity contribution >= 4 is 46.7 Å². The van der Waals surface area contributed by atoms with Crippen LogP contribution in [0.5, 0.6) is 5.75 Å². The molecule has 1 saturated heterocycles. The zero-order valence-corrected chi connectivity index (χ0v) is 30.0. The number of carboxylic acid groups (broad SMARTS) is 1. The van der Waals surface area contributed by atoms with Crippen molar-refractivity contribution in [3.63, 3.8) is 0 Å². The summed E-state index contributed by atoms with van der Waals surface area (Å²) in [4.78, 5) is 80.7. The first-order valence-electron chi connectivity index (χ1n) is 17.1. The van der Waals surface area contributed by atoms with Crippen LogP contribution in [-0.2, 0) is 42.9 Å². The number of alkyl carbamates (subject to hydrolysis) is 1. The average Bonchev–Trinajstić information content (AvgIpc) is 3.58. The fourth-order valence-corrected chi connectivity index (χ4v) is 5.11. The molecular formula is C35H49N5O12. The van der Waals surface area contributed by atoms with Crippen LogP contribution in [0.15, 0.2) is 36.5 Å². The lowest BCUT2D eigenvalue weighted by Gasteiger charge is -2.28. The number of carbonyl (C=O) groups excluding carboxylic acids is 5. The van der Waals surface area contributed by atoms with Gasteiger partial charge in [-0.05, 0) is 58.7 Å². The Morgan fingerprint density at radius 2 is 1.62 bits per heavy atom. The Kier molecular flexibility index (Phi) is 16.7. The Labute approximate surface area is 302 Å². The van der Waals surface area contributed by atoms with Crippen LogP contribution < -0.4 is 20.7 Å². The topological polar surface area (TPSA) is 221 Å². The first-order valence-corrected chi connectivity index (χ1v) is 17.1. The summed E-state index contributed by atoms with van der Waals surface area (Å²) in [5.41, 5.74) is 0.0541. The molecule has 4 amide bonds. The second-order valence-corrected chi connectivity index (χ2v) is 12.9. The number of hydrogen-bond acceptors (Lipinski definition) is 12. The number of ether oxygens (including phenoxy) is 5. The first kappa shape index (κ1) is 41.5. The van der Waals surface area contributed by atoms with Crippen LogP contribution in [0.3, 0.4) is 0 Å². The molecule has 0 unspecified atom stereocenters. The first-order chi connectivity index (χ1) is 24.7. The van der Waals surface area contributed by atoms with E-state index in [4.69, 9.17) is 23.7 Å². The molecule has 0 spiro atoms. The summed E-state index contributed by atoms with van der Waals surface area (Å²) in [5, 5.41) is 17.7. The average molecular weight is 732 g/mol. The number of para-hydroxylation sites is 1. The number of fused-ring (bicyclic) bond motifs is 1. The van der Waals surface area contributed by atoms with Gasteiger partial charge in [0.1, 0.15) is 29.5 Å². The Morgan fingerprint density at radius 1 is 0.942 bits per heavy atom. The normalized spacial score (nSPS) is 15.4. The quantitative estimate of drug-likeness (QED) is 0.112. The molecule has 3 atom stereocenters. The zero-order chi connectivity index (χ0) is 38.1. The number of benzene rings is 1. The number of pyridine rings is 1. The molecule has 0 aliphatic carbocycles. The minimum Gasteiger partial charge on any atom is -0.481 e. The van der Waals surface area contributed by atoms with Crippen molar-refractivity contribution < 1.29 is 57.6 Å². The standard InChI is InChI=1S/C35H49N5O12/c1-23(33(46)51-28-11-13-36-25-9-6-5-8-24(25)28)38-31(44)27-10-7-15-40(27)32(45)26(22-30(42)43)39-29(41)12-16-48-18-20-50-21-19-49-17-14-37-34(47)52-35(2,3)4/h5-6,8-9,11,13,23,26-27H,7,10,12,14-22H2,1-4H3,(H,37,47)(H,38,44)(H,39,41)(H,42,43)/t23-,26-,27-/m0/s1. The van der Waals surface area contributed by atoms with Crippen LogP contribution in [0, 0.1) is 0 Å². The summed E-state index contributed by atoms with van der Waals surface area (Å²) < 4.78 is 26.8. The van der Waals surface area contributed by atoms with Crippen LogP contribution >= 0.6 is 0 Å². The number of nitrogens with zero attached hydrogens (tertiary/aromatic N) is 2. The van der Waals surface area contributed by atoms with E-state index >= 15 is 0 Å². The van der Waals surface area contributed by atoms with Crippen molar-refractivity contribution in [1.82, 2.24) is 25.8 Å². The third kappa shape index (κ3) is 14.4. The number of nitrogens with one attached hydrogen (secondary N) is 3. The highest BCUT2D eigenvalue weighted by Crippen LogP contribution is 2.24. The second-order valence-electron chi connectivity index (χ2n) is 12.9. The maximum atomic E-state index is 13.4. The molecule has 1 aromatic heterocycles. The van der Waals surface area contributed by atoms with Gasteiger partial charge in [0.2, 0.25) is 17.7 Å². The number of hydrogen-bond donors (Lipinski definition) is 4. The van der Waals surface area contributed by atoms with Gasteiger partial charge in [-0.15, -0.1) is 0 Å². The van der Waals surface area contributed by atoms with Gasteiger partial charge in [-0.25, -0.2) is 9.59 Å². The Morgan fingerprint density at radius 3 is 2.31 bits per heavy atom. The van der Waals surface area contributed by atoms with Gasteiger partial charge >= 0.3 is 18.0 Å². The number of likely N-dealkylation sites (tertiary alicyclic amines) is 1. The van der Waals surface area contributed by atoms with Gasteiger partial charge in [0, 0.05) is 31.1 Å². The van der Waals surface area contributed by atoms with E-state index in [0.29, 0.717) is 23.9 Å². The number of esters is 1. The molecule has 4 N–H and O–H groups in total. The summed E-state index contributed by atoms with van der Waals surface area (Å²) in [6.45, 7) is 8.51. The summed E-state index contributed by atoms with van der Waals surface area (Å²) in [6.07, 6.45) is 0.900. The molecule has 1 aliphatic rings. The molecule has 3 rings (SSSR count). The molecule has 1 aromatic carbocycles. The summed E-state index contributed by atoms with van der Waals surface area (Å²) >= 11 is 0. The van der Waals surface area contributed by atoms with Gasteiger partial charge in [0.15, 0.2) is 0 Å². The number of carbonyl (C=O) groups is 6. The molecule has 1 fully saturated rings. The number of carboxylic acids is 1. The van der Waals surface area contributed by atoms with E-state index in [-0.39, 0.29) is 64.7 Å². The molecule has 2 aromatic rings. The zero-order valence-electron chi connectivity index (χ0n) is 30.0. The minimum atomic E-state index is -1.41. The van der Waals surface area contributed by atoms with Gasteiger partial charge in [-0.2, -0.15) is 0 Å². The summed E-state index contributed by atoms with van der Waals surface area (Å²) in [6, 6.07) is 5.20. The van der Waals surface area contributed by atoms with Gasteiger partial charge in [0.05, 0.1) is 51.6 Å². The molecule has 1 aliphatic heterocycles. The Hall–Kier alpha value is -4.87. The van der Waals surface area contributed by atoms with E-state index in [1.807, 2.05) is 0 Å². The van der Waals surface area contributed by atoms with Crippen LogP contribution in [0.2, 0.25) is 0 Å². The monoisotopic (exact) mass is 731 g/mol. The van der Waals surface area contributed by atoms with Gasteiger partial charge in [-0.3, -0.25) is 24.2 Å². The molecule has 52 heavy (non-hydrogen) atoms. The second kappa shape index (κ2) is 20.8. The molecule has 17 heteroatoms. The van der Waals surface area contributed by atoms with E-state index < -0.39 is 65.9 Å². The van der Waals surface area contributed by atoms with E-state index in [1.165, 1.54) is 18.0 Å². The van der Waals surface area contributed by atoms with Crippen molar-refractivity contribution in [2.75, 3.05) is 52.7 Å². The number of rotatable bonds is 20. The van der Waals surface area contributed by atoms with Gasteiger partial charge in [0.25, 0.3) is 0 Å². The highest BCUT2D eigenvalue weighted by molar-refractivity contribution is 5.96. The van der Waals surface area contributed by atoms with Crippen LogP contribution in [0.4, 0.5) is 4.79 Å². The van der Waals surface area contributed by atoms with Gasteiger partial charge < -0.3 is 49.6 Å². The summed E-state index contributed by atoms with van der Waals surface area (Å²) in [5.74, 6) is -3.67. The molecule has 2 heterocycles. The van der Waals surface area contributed by atoms with E-state index in [0.717, 1.165) is 0 Å². The predicted octanol–water partition coefficient (Wildman–Crippen LogP) is 1.56. The Balaban J connectivity index is 1.36. The highest BCUT2D eigenvalue weighted by atomic mass is 16.6. The third-order valence-corrected chi connectivity index (χ3v) is 7.51. The van der Waals surface area contributed by atoms with Crippen molar-refractivity contribution in [2.24, 2.45) is 0 Å². The number of amides is 4. The Bertz CT molecular complexity index is 1530. The SMILES string of the molecule is C[C@H](NC(=O)[C@@H]1CCCN1C(=O)[C@H](CC(=O)O)NC(=O)CCOCCOCCOCCNC(=O)OC(C)(C)C)C(=O)Oc1ccnc2ccccc12. The fourth-order valence-electron chi connectivity index (χ4n) is 5.11. The molecule has 286 valence electrons. The third-order valence-electron chi connectivity index (χ3n) is 7.51. The lowest BCUT2D eigenvalue weighted by molar-refractivity contribution is -0.146. The smallest absolute Gasteiger partial charge is 0.407 e. The van der Waals surface area contributed by atoms with Crippen molar-refractivity contribution in [3.05, 3.63) is 36.5 Å². The van der Waals surface area contributed by atoms with E-state index in [9.17, 15) is 33.9 Å². The van der Waals surface area contributed by atoms with Crippen LogP contribution in [0.1, 0.15) is 53.4 Å². The molecule has 0 radical (unpaired) electrons. The fraction of sp³-hybridized carbons (Fsp3) is 0.571. The molecule has 17 nitrogen and oxygen atoms in total. The lowest BCUT2D eigenvalue weighted by Crippen LogP contribution is -2.55. The largest absolute Gasteiger partial charge is 0.481 e. The summed E-state index contributed by atoms with van der Waals surface area (Å²) in [7, 11) is 0. The van der Waals surface area contributed by atoms with Crippen LogP contribution in [-0.4, -0.2) is 127 Å². The molecule has 0 saturated carbocycles. The molecule has 0 bridgehead atoms. The predicted molar refractivity (Wildman–Crippen MR) is 185 cm³/mol. The lowest BCUT2D eigenvalue weighted by atomic mass is 10.1. The van der Waals surface area contributed by atoms with E-state index in [1.54, 1.807) is 51.1 Å². The van der Waals surface area contributed by atoms with Crippen molar-refractivity contribution in [2.45, 2.75) is 77.1 Å². The minimum absolute atomic E-state index is 0.00592.